The van der Waals surface area contributed by atoms with Crippen LogP contribution in [0, 0.1) is 17.2 Å². The SMILES string of the molecule is CC(C)(C)OC(=O)N1CC2(CC(C#N)CCO2)C1. The van der Waals surface area contributed by atoms with E-state index in [0.717, 1.165) is 12.8 Å². The predicted octanol–water partition coefficient (Wildman–Crippen LogP) is 1.93. The van der Waals surface area contributed by atoms with Gasteiger partial charge in [-0.05, 0) is 33.6 Å². The van der Waals surface area contributed by atoms with E-state index in [1.54, 1.807) is 4.90 Å². The average molecular weight is 252 g/mol. The molecule has 18 heavy (non-hydrogen) atoms. The number of rotatable bonds is 0. The van der Waals surface area contributed by atoms with Gasteiger partial charge in [0.1, 0.15) is 11.2 Å². The van der Waals surface area contributed by atoms with Crippen molar-refractivity contribution in [2.24, 2.45) is 5.92 Å². The molecule has 0 N–H and O–H groups in total. The van der Waals surface area contributed by atoms with Gasteiger partial charge in [0, 0.05) is 6.61 Å². The van der Waals surface area contributed by atoms with Crippen LogP contribution in [0.15, 0.2) is 0 Å². The maximum Gasteiger partial charge on any atom is 0.410 e. The van der Waals surface area contributed by atoms with Crippen LogP contribution in [0.25, 0.3) is 0 Å². The van der Waals surface area contributed by atoms with Gasteiger partial charge in [-0.1, -0.05) is 0 Å². The minimum absolute atomic E-state index is 0.0551. The second-order valence-electron chi connectivity index (χ2n) is 6.19. The highest BCUT2D eigenvalue weighted by Gasteiger charge is 2.50. The van der Waals surface area contributed by atoms with Crippen LogP contribution < -0.4 is 0 Å². The van der Waals surface area contributed by atoms with Crippen molar-refractivity contribution in [3.05, 3.63) is 0 Å². The molecule has 2 saturated heterocycles. The molecule has 0 bridgehead atoms. The normalized spacial score (nSPS) is 26.3. The fourth-order valence-electron chi connectivity index (χ4n) is 2.46. The first-order valence-corrected chi connectivity index (χ1v) is 6.35. The van der Waals surface area contributed by atoms with Crippen LogP contribution in [0.4, 0.5) is 4.79 Å². The summed E-state index contributed by atoms with van der Waals surface area (Å²) in [5.74, 6) is 0.0551. The Hall–Kier alpha value is -1.28. The monoisotopic (exact) mass is 252 g/mol. The Morgan fingerprint density at radius 2 is 2.17 bits per heavy atom. The van der Waals surface area contributed by atoms with Gasteiger partial charge in [0.25, 0.3) is 0 Å². The zero-order valence-corrected chi connectivity index (χ0v) is 11.2. The lowest BCUT2D eigenvalue weighted by molar-refractivity contribution is -0.167. The van der Waals surface area contributed by atoms with Gasteiger partial charge in [-0.25, -0.2) is 4.79 Å². The molecule has 100 valence electrons. The van der Waals surface area contributed by atoms with Crippen LogP contribution in [-0.2, 0) is 9.47 Å². The van der Waals surface area contributed by atoms with Crippen molar-refractivity contribution in [1.82, 2.24) is 4.90 Å². The van der Waals surface area contributed by atoms with Crippen molar-refractivity contribution in [3.63, 3.8) is 0 Å². The molecular weight excluding hydrogens is 232 g/mol. The van der Waals surface area contributed by atoms with Crippen LogP contribution in [-0.4, -0.2) is 41.9 Å². The lowest BCUT2D eigenvalue weighted by Gasteiger charge is -2.52. The van der Waals surface area contributed by atoms with Crippen molar-refractivity contribution in [2.75, 3.05) is 19.7 Å². The number of amides is 1. The van der Waals surface area contributed by atoms with E-state index in [2.05, 4.69) is 6.07 Å². The second kappa shape index (κ2) is 4.43. The third-order valence-corrected chi connectivity index (χ3v) is 3.29. The maximum atomic E-state index is 11.8. The fraction of sp³-hybridized carbons (Fsp3) is 0.846. The van der Waals surface area contributed by atoms with E-state index in [-0.39, 0.29) is 17.6 Å². The van der Waals surface area contributed by atoms with E-state index in [0.29, 0.717) is 19.7 Å². The van der Waals surface area contributed by atoms with Gasteiger partial charge < -0.3 is 14.4 Å². The summed E-state index contributed by atoms with van der Waals surface area (Å²) >= 11 is 0. The molecule has 1 unspecified atom stereocenters. The van der Waals surface area contributed by atoms with Gasteiger partial charge in [-0.15, -0.1) is 0 Å². The Labute approximate surface area is 108 Å². The van der Waals surface area contributed by atoms with E-state index in [9.17, 15) is 4.79 Å². The molecule has 1 amide bonds. The summed E-state index contributed by atoms with van der Waals surface area (Å²) in [6.07, 6.45) is 1.23. The van der Waals surface area contributed by atoms with E-state index in [4.69, 9.17) is 14.7 Å². The third kappa shape index (κ3) is 2.75. The molecule has 0 saturated carbocycles. The maximum absolute atomic E-state index is 11.8. The van der Waals surface area contributed by atoms with Gasteiger partial charge in [-0.2, -0.15) is 5.26 Å². The Balaban J connectivity index is 1.86. The molecule has 1 spiro atoms. The lowest BCUT2D eigenvalue weighted by atomic mass is 9.81. The van der Waals surface area contributed by atoms with Gasteiger partial charge in [0.05, 0.1) is 25.1 Å². The highest BCUT2D eigenvalue weighted by molar-refractivity contribution is 5.69. The van der Waals surface area contributed by atoms with Crippen molar-refractivity contribution in [3.8, 4) is 6.07 Å². The van der Waals surface area contributed by atoms with Gasteiger partial charge in [0.2, 0.25) is 0 Å². The second-order valence-corrected chi connectivity index (χ2v) is 6.19. The van der Waals surface area contributed by atoms with Crippen LogP contribution in [0.2, 0.25) is 0 Å². The summed E-state index contributed by atoms with van der Waals surface area (Å²) in [4.78, 5) is 13.4. The number of hydrogen-bond acceptors (Lipinski definition) is 4. The third-order valence-electron chi connectivity index (χ3n) is 3.29. The zero-order chi connectivity index (χ0) is 13.4. The largest absolute Gasteiger partial charge is 0.444 e. The van der Waals surface area contributed by atoms with E-state index >= 15 is 0 Å². The van der Waals surface area contributed by atoms with Gasteiger partial charge in [0.15, 0.2) is 0 Å². The molecule has 5 nitrogen and oxygen atoms in total. The lowest BCUT2D eigenvalue weighted by Crippen LogP contribution is -2.67. The fourth-order valence-corrected chi connectivity index (χ4v) is 2.46. The number of likely N-dealkylation sites (tertiary alicyclic amines) is 1. The molecule has 2 fully saturated rings. The standard InChI is InChI=1S/C13H20N2O3/c1-12(2,3)18-11(16)15-8-13(9-15)6-10(7-14)4-5-17-13/h10H,4-6,8-9H2,1-3H3. The summed E-state index contributed by atoms with van der Waals surface area (Å²) in [5.41, 5.74) is -0.766. The topological polar surface area (TPSA) is 62.6 Å². The molecule has 2 rings (SSSR count). The predicted molar refractivity (Wildman–Crippen MR) is 64.8 cm³/mol. The first kappa shape index (κ1) is 13.2. The van der Waals surface area contributed by atoms with Crippen LogP contribution in [0.3, 0.4) is 0 Å². The number of nitrogens with zero attached hydrogens (tertiary/aromatic N) is 2. The highest BCUT2D eigenvalue weighted by Crippen LogP contribution is 2.37. The minimum atomic E-state index is -0.470. The van der Waals surface area contributed by atoms with E-state index < -0.39 is 5.60 Å². The highest BCUT2D eigenvalue weighted by atomic mass is 16.6. The molecular formula is C13H20N2O3. The van der Waals surface area contributed by atoms with Crippen molar-refractivity contribution in [1.29, 1.82) is 5.26 Å². The first-order valence-electron chi connectivity index (χ1n) is 6.35. The van der Waals surface area contributed by atoms with Crippen molar-refractivity contribution < 1.29 is 14.3 Å². The summed E-state index contributed by atoms with van der Waals surface area (Å²) in [6, 6.07) is 2.29. The van der Waals surface area contributed by atoms with Crippen LogP contribution in [0.5, 0.6) is 0 Å². The molecule has 0 aromatic carbocycles. The molecule has 0 aromatic rings. The molecule has 0 aromatic heterocycles. The number of nitriles is 1. The molecule has 2 aliphatic rings. The van der Waals surface area contributed by atoms with Gasteiger partial charge in [-0.3, -0.25) is 0 Å². The number of carbonyl (C=O) groups excluding carboxylic acids is 1. The van der Waals surface area contributed by atoms with Crippen molar-refractivity contribution >= 4 is 6.09 Å². The van der Waals surface area contributed by atoms with Crippen LogP contribution in [0.1, 0.15) is 33.6 Å². The minimum Gasteiger partial charge on any atom is -0.444 e. The smallest absolute Gasteiger partial charge is 0.410 e. The Morgan fingerprint density at radius 1 is 1.50 bits per heavy atom. The molecule has 2 heterocycles. The number of carbonyl (C=O) groups is 1. The summed E-state index contributed by atoms with van der Waals surface area (Å²) in [5, 5.41) is 8.96. The Kier molecular flexibility index (Phi) is 3.24. The van der Waals surface area contributed by atoms with Crippen molar-refractivity contribution in [2.45, 2.75) is 44.8 Å². The summed E-state index contributed by atoms with van der Waals surface area (Å²) < 4.78 is 11.0. The summed E-state index contributed by atoms with van der Waals surface area (Å²) in [6.45, 7) is 7.25. The quantitative estimate of drug-likeness (QED) is 0.661. The van der Waals surface area contributed by atoms with E-state index in [1.165, 1.54) is 0 Å². The van der Waals surface area contributed by atoms with Crippen LogP contribution >= 0.6 is 0 Å². The molecule has 5 heteroatoms. The molecule has 2 aliphatic heterocycles. The van der Waals surface area contributed by atoms with E-state index in [1.807, 2.05) is 20.8 Å². The Bertz CT molecular complexity index is 375. The van der Waals surface area contributed by atoms with Gasteiger partial charge >= 0.3 is 6.09 Å². The number of ether oxygens (including phenoxy) is 2. The Morgan fingerprint density at radius 3 is 2.72 bits per heavy atom. The summed E-state index contributed by atoms with van der Waals surface area (Å²) in [7, 11) is 0. The zero-order valence-electron chi connectivity index (χ0n) is 11.2. The number of hydrogen-bond donors (Lipinski definition) is 0. The molecule has 0 aliphatic carbocycles. The average Bonchev–Trinajstić information content (AvgIpc) is 2.23. The first-order chi connectivity index (χ1) is 8.34. The molecule has 0 radical (unpaired) electrons. The molecule has 1 atom stereocenters.